The molecule has 10 heavy (non-hydrogen) atoms. The van der Waals surface area contributed by atoms with E-state index in [0.717, 1.165) is 12.2 Å². The van der Waals surface area contributed by atoms with Crippen LogP contribution >= 0.6 is 11.8 Å². The number of thioether (sulfide) groups is 1. The standard InChI is InChI=1S/C5H12O3S2/c1-2-3-9-4-5-10(6,7)8/h2-5H2,1H3,(H,6,7,8). The Morgan fingerprint density at radius 2 is 2.00 bits per heavy atom. The molecule has 1 N–H and O–H groups in total. The van der Waals surface area contributed by atoms with Gasteiger partial charge in [0.25, 0.3) is 10.1 Å². The van der Waals surface area contributed by atoms with Crippen molar-refractivity contribution < 1.29 is 13.0 Å². The Morgan fingerprint density at radius 3 is 2.40 bits per heavy atom. The van der Waals surface area contributed by atoms with E-state index in [1.807, 2.05) is 6.92 Å². The molecule has 0 heterocycles. The van der Waals surface area contributed by atoms with Crippen LogP contribution in [0.5, 0.6) is 0 Å². The van der Waals surface area contributed by atoms with Crippen molar-refractivity contribution in [3.8, 4) is 0 Å². The molecular formula is C5H12O3S2. The van der Waals surface area contributed by atoms with Crippen LogP contribution in [0.25, 0.3) is 0 Å². The first kappa shape index (κ1) is 10.3. The molecule has 0 aromatic heterocycles. The van der Waals surface area contributed by atoms with Crippen LogP contribution in [0.4, 0.5) is 0 Å². The highest BCUT2D eigenvalue weighted by molar-refractivity contribution is 8.00. The van der Waals surface area contributed by atoms with Gasteiger partial charge in [0, 0.05) is 5.75 Å². The molecule has 0 saturated heterocycles. The quantitative estimate of drug-likeness (QED) is 0.512. The van der Waals surface area contributed by atoms with E-state index in [1.54, 1.807) is 11.8 Å². The highest BCUT2D eigenvalue weighted by atomic mass is 32.2. The Balaban J connectivity index is 3.21. The predicted molar refractivity (Wildman–Crippen MR) is 44.0 cm³/mol. The molecule has 0 unspecified atom stereocenters. The minimum Gasteiger partial charge on any atom is -0.286 e. The summed E-state index contributed by atoms with van der Waals surface area (Å²) in [6, 6.07) is 0. The molecule has 3 nitrogen and oxygen atoms in total. The van der Waals surface area contributed by atoms with E-state index in [-0.39, 0.29) is 5.75 Å². The number of hydrogen-bond acceptors (Lipinski definition) is 3. The first-order valence-corrected chi connectivity index (χ1v) is 5.85. The summed E-state index contributed by atoms with van der Waals surface area (Å²) in [6.07, 6.45) is 1.04. The van der Waals surface area contributed by atoms with E-state index in [1.165, 1.54) is 0 Å². The largest absolute Gasteiger partial charge is 0.286 e. The molecule has 0 rings (SSSR count). The second-order valence-electron chi connectivity index (χ2n) is 1.90. The molecule has 0 radical (unpaired) electrons. The van der Waals surface area contributed by atoms with Crippen LogP contribution in [0.1, 0.15) is 13.3 Å². The minimum atomic E-state index is -3.73. The summed E-state index contributed by atoms with van der Waals surface area (Å²) in [7, 11) is -3.73. The van der Waals surface area contributed by atoms with Gasteiger partial charge in [-0.1, -0.05) is 6.92 Å². The zero-order chi connectivity index (χ0) is 8.04. The first-order chi connectivity index (χ1) is 4.56. The fourth-order valence-electron chi connectivity index (χ4n) is 0.411. The van der Waals surface area contributed by atoms with Crippen LogP contribution in [0.3, 0.4) is 0 Å². The van der Waals surface area contributed by atoms with E-state index in [4.69, 9.17) is 4.55 Å². The van der Waals surface area contributed by atoms with Crippen LogP contribution in [0.15, 0.2) is 0 Å². The van der Waals surface area contributed by atoms with Gasteiger partial charge >= 0.3 is 0 Å². The Hall–Kier alpha value is 0.260. The first-order valence-electron chi connectivity index (χ1n) is 3.09. The smallest absolute Gasteiger partial charge is 0.265 e. The molecule has 0 atom stereocenters. The van der Waals surface area contributed by atoms with Crippen molar-refractivity contribution in [2.45, 2.75) is 13.3 Å². The van der Waals surface area contributed by atoms with Crippen LogP contribution in [-0.2, 0) is 10.1 Å². The van der Waals surface area contributed by atoms with Crippen LogP contribution in [0.2, 0.25) is 0 Å². The second-order valence-corrected chi connectivity index (χ2v) is 4.70. The second kappa shape index (κ2) is 4.98. The third kappa shape index (κ3) is 8.26. The van der Waals surface area contributed by atoms with Gasteiger partial charge in [0.15, 0.2) is 0 Å². The van der Waals surface area contributed by atoms with Crippen molar-refractivity contribution in [1.82, 2.24) is 0 Å². The summed E-state index contributed by atoms with van der Waals surface area (Å²) in [5.74, 6) is 1.32. The van der Waals surface area contributed by atoms with Crippen molar-refractivity contribution in [2.24, 2.45) is 0 Å². The molecule has 0 spiro atoms. The monoisotopic (exact) mass is 184 g/mol. The third-order valence-electron chi connectivity index (χ3n) is 0.834. The van der Waals surface area contributed by atoms with Gasteiger partial charge in [-0.15, -0.1) is 0 Å². The Bertz CT molecular complexity index is 162. The molecule has 0 aliphatic heterocycles. The lowest BCUT2D eigenvalue weighted by Gasteiger charge is -1.95. The fourth-order valence-corrected chi connectivity index (χ4v) is 2.22. The molecule has 0 amide bonds. The minimum absolute atomic E-state index is 0.127. The third-order valence-corrected chi connectivity index (χ3v) is 3.00. The van der Waals surface area contributed by atoms with Crippen LogP contribution in [0, 0.1) is 0 Å². The lowest BCUT2D eigenvalue weighted by molar-refractivity contribution is 0.485. The summed E-state index contributed by atoms with van der Waals surface area (Å²) >= 11 is 1.54. The normalized spacial score (nSPS) is 11.8. The fraction of sp³-hybridized carbons (Fsp3) is 1.00. The molecule has 0 aliphatic rings. The maximum atomic E-state index is 10.1. The molecule has 62 valence electrons. The zero-order valence-corrected chi connectivity index (χ0v) is 7.54. The van der Waals surface area contributed by atoms with Gasteiger partial charge in [0.1, 0.15) is 0 Å². The Morgan fingerprint density at radius 1 is 1.40 bits per heavy atom. The highest BCUT2D eigenvalue weighted by Crippen LogP contribution is 2.02. The van der Waals surface area contributed by atoms with Gasteiger partial charge in [-0.2, -0.15) is 20.2 Å². The van der Waals surface area contributed by atoms with Crippen molar-refractivity contribution in [3.05, 3.63) is 0 Å². The lowest BCUT2D eigenvalue weighted by Crippen LogP contribution is -2.05. The van der Waals surface area contributed by atoms with Crippen LogP contribution < -0.4 is 0 Å². The molecule has 5 heteroatoms. The molecule has 0 fully saturated rings. The van der Waals surface area contributed by atoms with Gasteiger partial charge in [-0.25, -0.2) is 0 Å². The molecular weight excluding hydrogens is 172 g/mol. The van der Waals surface area contributed by atoms with Crippen molar-refractivity contribution in [3.63, 3.8) is 0 Å². The summed E-state index contributed by atoms with van der Waals surface area (Å²) in [5, 5.41) is 0. The van der Waals surface area contributed by atoms with Crippen LogP contribution in [-0.4, -0.2) is 30.2 Å². The van der Waals surface area contributed by atoms with E-state index in [2.05, 4.69) is 0 Å². The van der Waals surface area contributed by atoms with Gasteiger partial charge in [-0.3, -0.25) is 4.55 Å². The summed E-state index contributed by atoms with van der Waals surface area (Å²) in [5.41, 5.74) is 0. The molecule has 0 saturated carbocycles. The summed E-state index contributed by atoms with van der Waals surface area (Å²) in [6.45, 7) is 2.03. The number of hydrogen-bond donors (Lipinski definition) is 1. The lowest BCUT2D eigenvalue weighted by atomic mass is 10.6. The van der Waals surface area contributed by atoms with Crippen molar-refractivity contribution in [2.75, 3.05) is 17.3 Å². The van der Waals surface area contributed by atoms with Gasteiger partial charge in [0.2, 0.25) is 0 Å². The van der Waals surface area contributed by atoms with Gasteiger partial charge in [-0.05, 0) is 12.2 Å². The topological polar surface area (TPSA) is 54.4 Å². The van der Waals surface area contributed by atoms with Crippen molar-refractivity contribution >= 4 is 21.9 Å². The van der Waals surface area contributed by atoms with E-state index < -0.39 is 10.1 Å². The Labute approximate surface area is 66.0 Å². The summed E-state index contributed by atoms with van der Waals surface area (Å²) in [4.78, 5) is 0. The average molecular weight is 184 g/mol. The molecule has 0 aromatic carbocycles. The number of rotatable bonds is 5. The Kier molecular flexibility index (Phi) is 5.11. The van der Waals surface area contributed by atoms with E-state index in [9.17, 15) is 8.42 Å². The van der Waals surface area contributed by atoms with E-state index in [0.29, 0.717) is 5.75 Å². The van der Waals surface area contributed by atoms with Crippen molar-refractivity contribution in [1.29, 1.82) is 0 Å². The highest BCUT2D eigenvalue weighted by Gasteiger charge is 2.02. The SMILES string of the molecule is CCCSCCS(=O)(=O)O. The van der Waals surface area contributed by atoms with Gasteiger partial charge in [0.05, 0.1) is 5.75 Å². The molecule has 0 aliphatic carbocycles. The predicted octanol–water partition coefficient (Wildman–Crippen LogP) is 1.02. The molecule has 0 bridgehead atoms. The molecule has 0 aromatic rings. The zero-order valence-electron chi connectivity index (χ0n) is 5.91. The summed E-state index contributed by atoms with van der Waals surface area (Å²) < 4.78 is 28.5. The van der Waals surface area contributed by atoms with E-state index >= 15 is 0 Å². The maximum absolute atomic E-state index is 10.1. The van der Waals surface area contributed by atoms with Gasteiger partial charge < -0.3 is 0 Å². The maximum Gasteiger partial charge on any atom is 0.265 e. The average Bonchev–Trinajstić information content (AvgIpc) is 1.78.